The van der Waals surface area contributed by atoms with Gasteiger partial charge in [-0.15, -0.1) is 0 Å². The van der Waals surface area contributed by atoms with Gasteiger partial charge < -0.3 is 14.7 Å². The van der Waals surface area contributed by atoms with Crippen LogP contribution in [0.2, 0.25) is 0 Å². The largest absolute Gasteiger partial charge is 0.466 e. The van der Waals surface area contributed by atoms with Crippen molar-refractivity contribution in [1.82, 2.24) is 0 Å². The van der Waals surface area contributed by atoms with Crippen molar-refractivity contribution in [2.45, 2.75) is 59.3 Å². The molecule has 0 aliphatic rings. The summed E-state index contributed by atoms with van der Waals surface area (Å²) in [5, 5.41) is 0. The van der Waals surface area contributed by atoms with E-state index in [9.17, 15) is 0 Å². The van der Waals surface area contributed by atoms with E-state index >= 15 is 0 Å². The Balaban J connectivity index is 0.000000410. The SMILES string of the molecule is CC(C)c1ccccc1.CC(C)c1ccccc1.CC(C)c1ccccc1.O=P(O)(O)O. The molecule has 0 spiro atoms. The van der Waals surface area contributed by atoms with Crippen molar-refractivity contribution in [1.29, 1.82) is 0 Å². The van der Waals surface area contributed by atoms with Gasteiger partial charge >= 0.3 is 7.82 Å². The van der Waals surface area contributed by atoms with Crippen LogP contribution in [0.5, 0.6) is 0 Å². The maximum atomic E-state index is 8.88. The van der Waals surface area contributed by atoms with E-state index in [1.165, 1.54) is 16.7 Å². The molecule has 3 rings (SSSR count). The summed E-state index contributed by atoms with van der Waals surface area (Å²) in [6.07, 6.45) is 0. The van der Waals surface area contributed by atoms with Crippen molar-refractivity contribution in [3.8, 4) is 0 Å². The molecule has 3 aromatic carbocycles. The van der Waals surface area contributed by atoms with Gasteiger partial charge in [0.05, 0.1) is 0 Å². The van der Waals surface area contributed by atoms with E-state index in [0.717, 1.165) is 0 Å². The summed E-state index contributed by atoms with van der Waals surface area (Å²) in [7, 11) is -4.64. The van der Waals surface area contributed by atoms with Gasteiger partial charge in [-0.3, -0.25) is 0 Å². The molecule has 0 heterocycles. The highest BCUT2D eigenvalue weighted by Gasteiger charge is 2.00. The molecule has 0 atom stereocenters. The van der Waals surface area contributed by atoms with Crippen LogP contribution in [0.15, 0.2) is 91.0 Å². The highest BCUT2D eigenvalue weighted by molar-refractivity contribution is 7.45. The second-order valence-electron chi connectivity index (χ2n) is 8.21. The van der Waals surface area contributed by atoms with Crippen LogP contribution in [-0.4, -0.2) is 14.7 Å². The lowest BCUT2D eigenvalue weighted by Gasteiger charge is -2.01. The molecule has 0 fully saturated rings. The van der Waals surface area contributed by atoms with Crippen LogP contribution < -0.4 is 0 Å². The minimum absolute atomic E-state index is 0.659. The number of benzene rings is 3. The van der Waals surface area contributed by atoms with Crippen LogP contribution in [-0.2, 0) is 4.57 Å². The predicted octanol–water partition coefficient (Wildman–Crippen LogP) is 7.50. The molecule has 176 valence electrons. The number of hydrogen-bond acceptors (Lipinski definition) is 1. The summed E-state index contributed by atoms with van der Waals surface area (Å²) in [5.41, 5.74) is 4.24. The zero-order valence-electron chi connectivity index (χ0n) is 20.1. The van der Waals surface area contributed by atoms with Crippen LogP contribution in [0.3, 0.4) is 0 Å². The fraction of sp³-hybridized carbons (Fsp3) is 0.333. The second kappa shape index (κ2) is 16.4. The van der Waals surface area contributed by atoms with E-state index in [2.05, 4.69) is 114 Å². The maximum absolute atomic E-state index is 8.88. The number of rotatable bonds is 3. The highest BCUT2D eigenvalue weighted by Crippen LogP contribution is 2.25. The average Bonchev–Trinajstić information content (AvgIpc) is 2.75. The topological polar surface area (TPSA) is 77.8 Å². The van der Waals surface area contributed by atoms with Gasteiger partial charge in [0.2, 0.25) is 0 Å². The summed E-state index contributed by atoms with van der Waals surface area (Å²) >= 11 is 0. The summed E-state index contributed by atoms with van der Waals surface area (Å²) < 4.78 is 8.88. The van der Waals surface area contributed by atoms with E-state index < -0.39 is 7.82 Å². The van der Waals surface area contributed by atoms with Crippen LogP contribution in [0.25, 0.3) is 0 Å². The Labute approximate surface area is 194 Å². The van der Waals surface area contributed by atoms with Gasteiger partial charge in [-0.1, -0.05) is 133 Å². The molecule has 0 aliphatic carbocycles. The Morgan fingerprint density at radius 3 is 0.719 bits per heavy atom. The number of hydrogen-bond donors (Lipinski definition) is 3. The van der Waals surface area contributed by atoms with Crippen LogP contribution in [0, 0.1) is 0 Å². The van der Waals surface area contributed by atoms with Gasteiger partial charge in [-0.2, -0.15) is 0 Å². The maximum Gasteiger partial charge on any atom is 0.466 e. The summed E-state index contributed by atoms with van der Waals surface area (Å²) in [4.78, 5) is 21.6. The molecular weight excluding hydrogens is 419 g/mol. The Morgan fingerprint density at radius 2 is 0.625 bits per heavy atom. The molecule has 0 unspecified atom stereocenters. The molecule has 3 aromatic rings. The fourth-order valence-electron chi connectivity index (χ4n) is 2.51. The van der Waals surface area contributed by atoms with Gasteiger partial charge in [-0.25, -0.2) is 4.57 Å². The normalized spacial score (nSPS) is 10.4. The molecule has 32 heavy (non-hydrogen) atoms. The smallest absolute Gasteiger partial charge is 0.303 e. The van der Waals surface area contributed by atoms with Crippen molar-refractivity contribution >= 4 is 7.82 Å². The summed E-state index contributed by atoms with van der Waals surface area (Å²) in [6, 6.07) is 31.6. The van der Waals surface area contributed by atoms with Crippen LogP contribution in [0.4, 0.5) is 0 Å². The first-order chi connectivity index (χ1) is 14.9. The molecule has 0 amide bonds. The molecule has 0 saturated carbocycles. The first kappa shape index (κ1) is 29.8. The third-order valence-electron chi connectivity index (χ3n) is 4.40. The summed E-state index contributed by atoms with van der Waals surface area (Å²) in [5.74, 6) is 1.98. The Morgan fingerprint density at radius 1 is 0.469 bits per heavy atom. The molecule has 5 heteroatoms. The first-order valence-electron chi connectivity index (χ1n) is 10.8. The van der Waals surface area contributed by atoms with E-state index in [1.54, 1.807) is 0 Å². The minimum Gasteiger partial charge on any atom is -0.303 e. The highest BCUT2D eigenvalue weighted by atomic mass is 31.2. The van der Waals surface area contributed by atoms with Gasteiger partial charge in [0.25, 0.3) is 0 Å². The zero-order chi connectivity index (χ0) is 24.6. The third kappa shape index (κ3) is 17.5. The lowest BCUT2D eigenvalue weighted by molar-refractivity contribution is 0.275. The number of phosphoric acid groups is 1. The van der Waals surface area contributed by atoms with Crippen molar-refractivity contribution < 1.29 is 19.2 Å². The first-order valence-corrected chi connectivity index (χ1v) is 12.4. The monoisotopic (exact) mass is 458 g/mol. The standard InChI is InChI=1S/3C9H12.H3O4P/c3*1-8(2)9-6-4-3-5-7-9;1-5(2,3)4/h3*3-8H,1-2H3;(H3,1,2,3,4). The van der Waals surface area contributed by atoms with E-state index in [0.29, 0.717) is 17.8 Å². The molecule has 0 saturated heterocycles. The fourth-order valence-corrected chi connectivity index (χ4v) is 2.51. The molecule has 4 nitrogen and oxygen atoms in total. The van der Waals surface area contributed by atoms with Crippen LogP contribution in [0.1, 0.15) is 76.0 Å². The Bertz CT molecular complexity index is 746. The van der Waals surface area contributed by atoms with E-state index in [4.69, 9.17) is 19.2 Å². The quantitative estimate of drug-likeness (QED) is 0.355. The van der Waals surface area contributed by atoms with Crippen molar-refractivity contribution in [2.75, 3.05) is 0 Å². The molecular formula is C27H39O4P. The van der Waals surface area contributed by atoms with Gasteiger partial charge in [-0.05, 0) is 34.4 Å². The molecule has 0 radical (unpaired) electrons. The van der Waals surface area contributed by atoms with E-state index in [-0.39, 0.29) is 0 Å². The van der Waals surface area contributed by atoms with E-state index in [1.807, 2.05) is 18.2 Å². The van der Waals surface area contributed by atoms with Crippen molar-refractivity contribution in [2.24, 2.45) is 0 Å². The van der Waals surface area contributed by atoms with Crippen molar-refractivity contribution in [3.63, 3.8) is 0 Å². The van der Waals surface area contributed by atoms with Crippen molar-refractivity contribution in [3.05, 3.63) is 108 Å². The third-order valence-corrected chi connectivity index (χ3v) is 4.40. The lowest BCUT2D eigenvalue weighted by Crippen LogP contribution is -1.83. The molecule has 0 aromatic heterocycles. The Hall–Kier alpha value is -2.23. The predicted molar refractivity (Wildman–Crippen MR) is 136 cm³/mol. The molecule has 0 bridgehead atoms. The molecule has 0 aliphatic heterocycles. The minimum atomic E-state index is -4.64. The second-order valence-corrected chi connectivity index (χ2v) is 9.24. The average molecular weight is 459 g/mol. The lowest BCUT2D eigenvalue weighted by atomic mass is 10.0. The van der Waals surface area contributed by atoms with Gasteiger partial charge in [0, 0.05) is 0 Å². The van der Waals surface area contributed by atoms with Gasteiger partial charge in [0.1, 0.15) is 0 Å². The zero-order valence-corrected chi connectivity index (χ0v) is 21.0. The Kier molecular flexibility index (Phi) is 15.3. The summed E-state index contributed by atoms with van der Waals surface area (Å²) in [6.45, 7) is 13.2. The molecule has 3 N–H and O–H groups in total. The van der Waals surface area contributed by atoms with Crippen LogP contribution >= 0.6 is 7.82 Å². The van der Waals surface area contributed by atoms with Gasteiger partial charge in [0.15, 0.2) is 0 Å².